The van der Waals surface area contributed by atoms with Crippen molar-refractivity contribution in [3.63, 3.8) is 0 Å². The third-order valence-electron chi connectivity index (χ3n) is 6.43. The highest BCUT2D eigenvalue weighted by atomic mass is 16.6. The Morgan fingerprint density at radius 1 is 0.905 bits per heavy atom. The first kappa shape index (κ1) is 34.8. The first-order valence-corrected chi connectivity index (χ1v) is 14.7. The normalized spacial score (nSPS) is 13.9. The van der Waals surface area contributed by atoms with Gasteiger partial charge in [-0.05, 0) is 63.3 Å². The Morgan fingerprint density at radius 2 is 1.57 bits per heavy atom. The van der Waals surface area contributed by atoms with E-state index in [-0.39, 0.29) is 31.8 Å². The average Bonchev–Trinajstić information content (AvgIpc) is 2.95. The number of carbonyl (C=O) groups excluding carboxylic acids is 2. The Labute approximate surface area is 251 Å². The maximum Gasteiger partial charge on any atom is 0.408 e. The van der Waals surface area contributed by atoms with Gasteiger partial charge in [-0.25, -0.2) is 9.59 Å². The van der Waals surface area contributed by atoms with Gasteiger partial charge in [-0.15, -0.1) is 0 Å². The van der Waals surface area contributed by atoms with E-state index in [0.29, 0.717) is 12.5 Å². The second-order valence-electron chi connectivity index (χ2n) is 11.8. The second-order valence-corrected chi connectivity index (χ2v) is 11.8. The van der Waals surface area contributed by atoms with Gasteiger partial charge in [-0.3, -0.25) is 0 Å². The summed E-state index contributed by atoms with van der Waals surface area (Å²) in [6.45, 7) is 12.6. The van der Waals surface area contributed by atoms with Crippen LogP contribution in [0.5, 0.6) is 5.75 Å². The Morgan fingerprint density at radius 3 is 2.19 bits per heavy atom. The molecule has 0 spiro atoms. The van der Waals surface area contributed by atoms with Gasteiger partial charge in [0, 0.05) is 5.92 Å². The minimum atomic E-state index is -1.01. The second kappa shape index (κ2) is 18.2. The highest BCUT2D eigenvalue weighted by molar-refractivity contribution is 5.81. The van der Waals surface area contributed by atoms with Gasteiger partial charge in [0.05, 0.1) is 33.0 Å². The van der Waals surface area contributed by atoms with E-state index in [2.05, 4.69) is 32.2 Å². The molecule has 0 unspecified atom stereocenters. The van der Waals surface area contributed by atoms with Crippen molar-refractivity contribution in [3.8, 4) is 5.75 Å². The summed E-state index contributed by atoms with van der Waals surface area (Å²) in [4.78, 5) is 25.2. The minimum absolute atomic E-state index is 0.00310. The van der Waals surface area contributed by atoms with Crippen LogP contribution in [0.15, 0.2) is 66.7 Å². The number of amides is 1. The summed E-state index contributed by atoms with van der Waals surface area (Å²) in [6.07, 6.45) is 5.40. The molecule has 1 amide bonds. The van der Waals surface area contributed by atoms with Gasteiger partial charge < -0.3 is 29.0 Å². The van der Waals surface area contributed by atoms with Gasteiger partial charge in [0.25, 0.3) is 0 Å². The summed E-state index contributed by atoms with van der Waals surface area (Å²) < 4.78 is 28.0. The number of methoxy groups -OCH3 is 1. The van der Waals surface area contributed by atoms with Crippen LogP contribution in [0.25, 0.3) is 0 Å². The van der Waals surface area contributed by atoms with Crippen molar-refractivity contribution < 1.29 is 33.3 Å². The molecular weight excluding hydrogens is 534 g/mol. The molecule has 0 fully saturated rings. The number of carbonyl (C=O) groups is 2. The van der Waals surface area contributed by atoms with Gasteiger partial charge in [0.1, 0.15) is 18.0 Å². The number of esters is 1. The molecule has 0 saturated heterocycles. The molecule has 2 aromatic rings. The summed E-state index contributed by atoms with van der Waals surface area (Å²) in [6, 6.07) is 16.2. The van der Waals surface area contributed by atoms with Crippen LogP contribution in [0.2, 0.25) is 0 Å². The lowest BCUT2D eigenvalue weighted by atomic mass is 9.93. The standard InChI is InChI=1S/C34H49NO7/c1-25(2)15-18-29(26(3)40-22-28-16-19-30(38-7)20-17-28)14-11-21-39-24-31(35-33(37)42-34(4,5)6)32(36)41-23-27-12-9-8-10-13-27/h8-14,16-17,19-20,25-26,29,31H,15,18,21-24H2,1-7H3,(H,35,37)/b14-11+/t26-,29-,31-/m0/s1. The van der Waals surface area contributed by atoms with Crippen LogP contribution >= 0.6 is 0 Å². The summed E-state index contributed by atoms with van der Waals surface area (Å²) in [7, 11) is 1.65. The predicted octanol–water partition coefficient (Wildman–Crippen LogP) is 6.86. The molecule has 0 aliphatic rings. The fourth-order valence-corrected chi connectivity index (χ4v) is 4.02. The van der Waals surface area contributed by atoms with Crippen LogP contribution in [0.3, 0.4) is 0 Å². The van der Waals surface area contributed by atoms with Crippen LogP contribution in [0.4, 0.5) is 4.79 Å². The molecule has 0 radical (unpaired) electrons. The Bertz CT molecular complexity index is 1080. The van der Waals surface area contributed by atoms with Crippen molar-refractivity contribution in [2.45, 2.75) is 85.3 Å². The van der Waals surface area contributed by atoms with E-state index >= 15 is 0 Å². The average molecular weight is 584 g/mol. The molecule has 8 nitrogen and oxygen atoms in total. The summed E-state index contributed by atoms with van der Waals surface area (Å²) in [5, 5.41) is 2.59. The molecule has 42 heavy (non-hydrogen) atoms. The molecule has 2 aromatic carbocycles. The maximum atomic E-state index is 12.8. The van der Waals surface area contributed by atoms with Crippen molar-refractivity contribution in [1.29, 1.82) is 0 Å². The molecule has 2 rings (SSSR count). The number of hydrogen-bond donors (Lipinski definition) is 1. The Hall–Kier alpha value is -3.36. The maximum absolute atomic E-state index is 12.8. The Balaban J connectivity index is 1.94. The number of benzene rings is 2. The predicted molar refractivity (Wildman–Crippen MR) is 164 cm³/mol. The number of rotatable bonds is 17. The summed E-state index contributed by atoms with van der Waals surface area (Å²) >= 11 is 0. The van der Waals surface area contributed by atoms with Crippen molar-refractivity contribution >= 4 is 12.1 Å². The van der Waals surface area contributed by atoms with Gasteiger partial charge in [0.15, 0.2) is 6.04 Å². The lowest BCUT2D eigenvalue weighted by Gasteiger charge is -2.23. The van der Waals surface area contributed by atoms with Crippen molar-refractivity contribution in [2.75, 3.05) is 20.3 Å². The van der Waals surface area contributed by atoms with Crippen LogP contribution in [-0.4, -0.2) is 50.1 Å². The lowest BCUT2D eigenvalue weighted by molar-refractivity contribution is -0.149. The molecule has 3 atom stereocenters. The SMILES string of the molecule is COc1ccc(CO[C@@H](C)[C@@H](/C=C/COC[C@H](NC(=O)OC(C)(C)C)C(=O)OCc2ccccc2)CCC(C)C)cc1. The third kappa shape index (κ3) is 14.5. The molecule has 8 heteroatoms. The molecular formula is C34H49NO7. The van der Waals surface area contributed by atoms with E-state index in [9.17, 15) is 9.59 Å². The van der Waals surface area contributed by atoms with Crippen molar-refractivity contribution in [2.24, 2.45) is 11.8 Å². The minimum Gasteiger partial charge on any atom is -0.497 e. The number of alkyl carbamates (subject to hydrolysis) is 1. The summed E-state index contributed by atoms with van der Waals surface area (Å²) in [5.74, 6) is 0.995. The summed E-state index contributed by atoms with van der Waals surface area (Å²) in [5.41, 5.74) is 1.23. The Kier molecular flexibility index (Phi) is 15.1. The monoisotopic (exact) mass is 583 g/mol. The van der Waals surface area contributed by atoms with Gasteiger partial charge in [0.2, 0.25) is 0 Å². The van der Waals surface area contributed by atoms with Gasteiger partial charge in [-0.2, -0.15) is 0 Å². The zero-order valence-electron chi connectivity index (χ0n) is 26.3. The molecule has 0 bridgehead atoms. The van der Waals surface area contributed by atoms with Crippen molar-refractivity contribution in [3.05, 3.63) is 77.9 Å². The first-order chi connectivity index (χ1) is 20.0. The zero-order valence-corrected chi connectivity index (χ0v) is 26.3. The molecule has 232 valence electrons. The van der Waals surface area contributed by atoms with Crippen LogP contribution in [-0.2, 0) is 37.0 Å². The molecule has 0 saturated carbocycles. The molecule has 0 aliphatic carbocycles. The quantitative estimate of drug-likeness (QED) is 0.124. The topological polar surface area (TPSA) is 92.3 Å². The molecule has 1 N–H and O–H groups in total. The van der Waals surface area contributed by atoms with Crippen LogP contribution in [0, 0.1) is 11.8 Å². The number of nitrogens with one attached hydrogen (secondary N) is 1. The largest absolute Gasteiger partial charge is 0.497 e. The van der Waals surface area contributed by atoms with Crippen molar-refractivity contribution in [1.82, 2.24) is 5.32 Å². The van der Waals surface area contributed by atoms with Gasteiger partial charge >= 0.3 is 12.1 Å². The smallest absolute Gasteiger partial charge is 0.408 e. The highest BCUT2D eigenvalue weighted by Gasteiger charge is 2.26. The fraction of sp³-hybridized carbons (Fsp3) is 0.529. The van der Waals surface area contributed by atoms with Crippen LogP contribution in [0.1, 0.15) is 65.5 Å². The lowest BCUT2D eigenvalue weighted by Crippen LogP contribution is -2.46. The van der Waals surface area contributed by atoms with Gasteiger partial charge in [-0.1, -0.05) is 74.9 Å². The zero-order chi connectivity index (χ0) is 31.0. The van der Waals surface area contributed by atoms with E-state index in [4.69, 9.17) is 23.7 Å². The molecule has 0 heterocycles. The fourth-order valence-electron chi connectivity index (χ4n) is 4.02. The first-order valence-electron chi connectivity index (χ1n) is 14.7. The number of ether oxygens (including phenoxy) is 5. The highest BCUT2D eigenvalue weighted by Crippen LogP contribution is 2.21. The third-order valence-corrected chi connectivity index (χ3v) is 6.43. The number of hydrogen-bond acceptors (Lipinski definition) is 7. The van der Waals surface area contributed by atoms with E-state index in [0.717, 1.165) is 29.7 Å². The van der Waals surface area contributed by atoms with E-state index < -0.39 is 23.7 Å². The van der Waals surface area contributed by atoms with Crippen LogP contribution < -0.4 is 10.1 Å². The molecule has 0 aromatic heterocycles. The molecule has 0 aliphatic heterocycles. The van der Waals surface area contributed by atoms with E-state index in [1.54, 1.807) is 27.9 Å². The van der Waals surface area contributed by atoms with E-state index in [1.807, 2.05) is 60.7 Å². The van der Waals surface area contributed by atoms with E-state index in [1.165, 1.54) is 0 Å².